The van der Waals surface area contributed by atoms with Crippen LogP contribution >= 0.6 is 11.3 Å². The van der Waals surface area contributed by atoms with Crippen molar-refractivity contribution in [1.29, 1.82) is 0 Å². The van der Waals surface area contributed by atoms with E-state index in [0.29, 0.717) is 11.9 Å². The Morgan fingerprint density at radius 1 is 1.04 bits per heavy atom. The molecule has 0 fully saturated rings. The standard InChI is InChI=1S/C21H17N3O2S/c25-19-14-22-24(18-9-4-2-7-16(18)19)12-11-21(26)23-17-8-3-1-6-15(17)20-10-5-13-27-20/h1-10,13-14H,11-12H2,(H,23,26). The summed E-state index contributed by atoms with van der Waals surface area (Å²) in [4.78, 5) is 25.5. The molecule has 1 amide bonds. The monoisotopic (exact) mass is 375 g/mol. The summed E-state index contributed by atoms with van der Waals surface area (Å²) in [5.74, 6) is -0.0939. The Bertz CT molecular complexity index is 1150. The minimum atomic E-state index is -0.115. The normalized spacial score (nSPS) is 10.8. The van der Waals surface area contributed by atoms with E-state index >= 15 is 0 Å². The van der Waals surface area contributed by atoms with Crippen molar-refractivity contribution in [3.8, 4) is 10.4 Å². The minimum Gasteiger partial charge on any atom is -0.325 e. The molecule has 0 aliphatic rings. The lowest BCUT2D eigenvalue weighted by atomic mass is 10.1. The summed E-state index contributed by atoms with van der Waals surface area (Å²) >= 11 is 1.64. The first-order valence-electron chi connectivity index (χ1n) is 8.60. The van der Waals surface area contributed by atoms with Crippen LogP contribution in [0, 0.1) is 0 Å². The van der Waals surface area contributed by atoms with Gasteiger partial charge in [0.1, 0.15) is 0 Å². The van der Waals surface area contributed by atoms with Gasteiger partial charge in [-0.1, -0.05) is 36.4 Å². The molecular formula is C21H17N3O2S. The smallest absolute Gasteiger partial charge is 0.226 e. The Kier molecular flexibility index (Phi) is 4.80. The van der Waals surface area contributed by atoms with Gasteiger partial charge in [0.05, 0.1) is 18.3 Å². The van der Waals surface area contributed by atoms with Crippen LogP contribution in [0.25, 0.3) is 21.3 Å². The summed E-state index contributed by atoms with van der Waals surface area (Å²) in [6.45, 7) is 0.397. The van der Waals surface area contributed by atoms with E-state index in [9.17, 15) is 9.59 Å². The average molecular weight is 375 g/mol. The van der Waals surface area contributed by atoms with Gasteiger partial charge in [-0.2, -0.15) is 5.10 Å². The number of para-hydroxylation sites is 2. The molecule has 1 N–H and O–H groups in total. The number of rotatable bonds is 5. The molecule has 134 valence electrons. The number of aryl methyl sites for hydroxylation is 1. The van der Waals surface area contributed by atoms with Crippen molar-refractivity contribution >= 4 is 33.8 Å². The Hall–Kier alpha value is -3.25. The Labute approximate surface area is 159 Å². The number of nitrogens with zero attached hydrogens (tertiary/aromatic N) is 2. The van der Waals surface area contributed by atoms with E-state index < -0.39 is 0 Å². The van der Waals surface area contributed by atoms with Gasteiger partial charge in [0, 0.05) is 27.9 Å². The molecular weight excluding hydrogens is 358 g/mol. The van der Waals surface area contributed by atoms with Gasteiger partial charge in [-0.15, -0.1) is 11.3 Å². The number of hydrogen-bond acceptors (Lipinski definition) is 4. The number of benzene rings is 2. The lowest BCUT2D eigenvalue weighted by Gasteiger charge is -2.11. The fourth-order valence-corrected chi connectivity index (χ4v) is 3.76. The van der Waals surface area contributed by atoms with E-state index in [1.54, 1.807) is 22.1 Å². The molecule has 4 aromatic rings. The van der Waals surface area contributed by atoms with Crippen molar-refractivity contribution < 1.29 is 4.79 Å². The zero-order valence-corrected chi connectivity index (χ0v) is 15.3. The molecule has 0 radical (unpaired) electrons. The summed E-state index contributed by atoms with van der Waals surface area (Å²) in [6, 6.07) is 19.1. The fraction of sp³-hybridized carbons (Fsp3) is 0.0952. The molecule has 0 aliphatic heterocycles. The second-order valence-electron chi connectivity index (χ2n) is 6.07. The second kappa shape index (κ2) is 7.55. The molecule has 27 heavy (non-hydrogen) atoms. The summed E-state index contributed by atoms with van der Waals surface area (Å²) in [5.41, 5.74) is 2.42. The van der Waals surface area contributed by atoms with Crippen molar-refractivity contribution in [3.63, 3.8) is 0 Å². The number of anilines is 1. The van der Waals surface area contributed by atoms with E-state index in [-0.39, 0.29) is 17.8 Å². The van der Waals surface area contributed by atoms with Gasteiger partial charge < -0.3 is 5.32 Å². The highest BCUT2D eigenvalue weighted by Gasteiger charge is 2.10. The third-order valence-electron chi connectivity index (χ3n) is 4.30. The van der Waals surface area contributed by atoms with Crippen molar-refractivity contribution in [2.24, 2.45) is 0 Å². The molecule has 5 nitrogen and oxygen atoms in total. The highest BCUT2D eigenvalue weighted by Crippen LogP contribution is 2.31. The number of fused-ring (bicyclic) bond motifs is 1. The van der Waals surface area contributed by atoms with Gasteiger partial charge in [0.2, 0.25) is 11.3 Å². The van der Waals surface area contributed by atoms with Crippen LogP contribution in [-0.4, -0.2) is 15.7 Å². The van der Waals surface area contributed by atoms with E-state index in [0.717, 1.165) is 21.6 Å². The van der Waals surface area contributed by atoms with Crippen LogP contribution in [0.2, 0.25) is 0 Å². The van der Waals surface area contributed by atoms with E-state index in [1.165, 1.54) is 6.20 Å². The molecule has 0 atom stereocenters. The summed E-state index contributed by atoms with van der Waals surface area (Å²) in [7, 11) is 0. The first-order chi connectivity index (χ1) is 13.2. The topological polar surface area (TPSA) is 64.0 Å². The molecule has 6 heteroatoms. The van der Waals surface area contributed by atoms with E-state index in [2.05, 4.69) is 10.4 Å². The van der Waals surface area contributed by atoms with E-state index in [1.807, 2.05) is 60.0 Å². The van der Waals surface area contributed by atoms with Crippen LogP contribution in [0.1, 0.15) is 6.42 Å². The molecule has 0 aliphatic carbocycles. The third kappa shape index (κ3) is 3.66. The predicted molar refractivity (Wildman–Crippen MR) is 109 cm³/mol. The van der Waals surface area contributed by atoms with Gasteiger partial charge in [0.15, 0.2) is 0 Å². The number of hydrogen-bond donors (Lipinski definition) is 1. The molecule has 2 heterocycles. The van der Waals surface area contributed by atoms with Crippen LogP contribution in [0.15, 0.2) is 77.0 Å². The van der Waals surface area contributed by atoms with Gasteiger partial charge in [-0.25, -0.2) is 0 Å². The number of carbonyl (C=O) groups is 1. The Morgan fingerprint density at radius 2 is 1.85 bits per heavy atom. The first kappa shape index (κ1) is 17.2. The maximum Gasteiger partial charge on any atom is 0.226 e. The van der Waals surface area contributed by atoms with E-state index in [4.69, 9.17) is 0 Å². The average Bonchev–Trinajstić information content (AvgIpc) is 3.23. The Balaban J connectivity index is 1.51. The SMILES string of the molecule is O=C(CCn1ncc(=O)c2ccccc21)Nc1ccccc1-c1cccs1. The maximum absolute atomic E-state index is 12.5. The molecule has 0 saturated heterocycles. The fourth-order valence-electron chi connectivity index (χ4n) is 3.00. The minimum absolute atomic E-state index is 0.0939. The Morgan fingerprint density at radius 3 is 2.70 bits per heavy atom. The molecule has 0 bridgehead atoms. The van der Waals surface area contributed by atoms with Gasteiger partial charge in [0.25, 0.3) is 0 Å². The largest absolute Gasteiger partial charge is 0.325 e. The zero-order chi connectivity index (χ0) is 18.6. The molecule has 0 spiro atoms. The molecule has 0 unspecified atom stereocenters. The second-order valence-corrected chi connectivity index (χ2v) is 7.02. The molecule has 4 rings (SSSR count). The summed E-state index contributed by atoms with van der Waals surface area (Å²) < 4.78 is 1.70. The highest BCUT2D eigenvalue weighted by molar-refractivity contribution is 7.13. The van der Waals surface area contributed by atoms with Gasteiger partial charge >= 0.3 is 0 Å². The molecule has 2 aromatic carbocycles. The zero-order valence-electron chi connectivity index (χ0n) is 14.5. The summed E-state index contributed by atoms with van der Waals surface area (Å²) in [6.07, 6.45) is 1.56. The van der Waals surface area contributed by atoms with Crippen molar-refractivity contribution in [2.45, 2.75) is 13.0 Å². The summed E-state index contributed by atoms with van der Waals surface area (Å²) in [5, 5.41) is 9.79. The number of carbonyl (C=O) groups excluding carboxylic acids is 1. The number of aromatic nitrogens is 2. The van der Waals surface area contributed by atoms with Crippen molar-refractivity contribution in [3.05, 3.63) is 82.5 Å². The first-order valence-corrected chi connectivity index (χ1v) is 9.48. The number of thiophene rings is 1. The van der Waals surface area contributed by atoms with Gasteiger partial charge in [-0.05, 0) is 29.6 Å². The molecule has 0 saturated carbocycles. The third-order valence-corrected chi connectivity index (χ3v) is 5.20. The van der Waals surface area contributed by atoms with Crippen molar-refractivity contribution in [2.75, 3.05) is 5.32 Å². The van der Waals surface area contributed by atoms with Crippen LogP contribution in [-0.2, 0) is 11.3 Å². The highest BCUT2D eigenvalue weighted by atomic mass is 32.1. The predicted octanol–water partition coefficient (Wildman–Crippen LogP) is 4.15. The van der Waals surface area contributed by atoms with Crippen LogP contribution in [0.4, 0.5) is 5.69 Å². The number of amides is 1. The number of nitrogens with one attached hydrogen (secondary N) is 1. The van der Waals surface area contributed by atoms with Gasteiger partial charge in [-0.3, -0.25) is 14.3 Å². The molecule has 2 aromatic heterocycles. The lowest BCUT2D eigenvalue weighted by molar-refractivity contribution is -0.116. The van der Waals surface area contributed by atoms with Crippen LogP contribution < -0.4 is 10.7 Å². The maximum atomic E-state index is 12.5. The van der Waals surface area contributed by atoms with Crippen LogP contribution in [0.3, 0.4) is 0 Å². The quantitative estimate of drug-likeness (QED) is 0.570. The van der Waals surface area contributed by atoms with Crippen LogP contribution in [0.5, 0.6) is 0 Å². The lowest BCUT2D eigenvalue weighted by Crippen LogP contribution is -2.18. The van der Waals surface area contributed by atoms with Crippen molar-refractivity contribution in [1.82, 2.24) is 9.78 Å².